The highest BCUT2D eigenvalue weighted by Crippen LogP contribution is 2.33. The number of nitrogens with zero attached hydrogens (tertiary/aromatic N) is 7. The Kier molecular flexibility index (Phi) is 6.89. The van der Waals surface area contributed by atoms with Crippen molar-refractivity contribution in [3.8, 4) is 11.9 Å². The predicted molar refractivity (Wildman–Crippen MR) is 131 cm³/mol. The van der Waals surface area contributed by atoms with Crippen molar-refractivity contribution in [2.75, 3.05) is 25.1 Å². The maximum Gasteiger partial charge on any atom is 0.267 e. The molecule has 1 fully saturated rings. The zero-order valence-corrected chi connectivity index (χ0v) is 20.6. The lowest BCUT2D eigenvalue weighted by molar-refractivity contribution is 0.101. The Morgan fingerprint density at radius 1 is 1.24 bits per heavy atom. The number of anilines is 1. The Hall–Kier alpha value is -3.38. The number of aromatic nitrogens is 4. The average Bonchev–Trinajstić information content (AvgIpc) is 3.29. The first kappa shape index (κ1) is 23.8. The zero-order chi connectivity index (χ0) is 24.4. The SMILES string of the molecule is CC[C@H]1CN(C(C)c2ccc(OC)nc2)[C@H](CC)CN1c1cc(=O)n(C)n2cc(CC#N)nc12. The molecule has 3 aromatic heterocycles. The second-order valence-corrected chi connectivity index (χ2v) is 8.91. The molecule has 1 unspecified atom stereocenters. The third-order valence-electron chi connectivity index (χ3n) is 7.07. The molecule has 1 aliphatic rings. The Morgan fingerprint density at radius 3 is 2.62 bits per heavy atom. The van der Waals surface area contributed by atoms with Gasteiger partial charge in [0, 0.05) is 56.6 Å². The number of hydrogen-bond donors (Lipinski definition) is 0. The lowest BCUT2D eigenvalue weighted by Crippen LogP contribution is -2.59. The summed E-state index contributed by atoms with van der Waals surface area (Å²) in [6, 6.07) is 8.58. The number of fused-ring (bicyclic) bond motifs is 1. The van der Waals surface area contributed by atoms with Crippen LogP contribution in [-0.4, -0.2) is 56.3 Å². The van der Waals surface area contributed by atoms with Gasteiger partial charge in [-0.2, -0.15) is 5.26 Å². The largest absolute Gasteiger partial charge is 0.481 e. The second kappa shape index (κ2) is 9.85. The summed E-state index contributed by atoms with van der Waals surface area (Å²) in [5, 5.41) is 9.14. The van der Waals surface area contributed by atoms with E-state index in [0.717, 1.165) is 42.8 Å². The van der Waals surface area contributed by atoms with Gasteiger partial charge in [0.2, 0.25) is 5.88 Å². The zero-order valence-electron chi connectivity index (χ0n) is 20.6. The number of aryl methyl sites for hydroxylation is 1. The third kappa shape index (κ3) is 4.26. The molecule has 0 spiro atoms. The third-order valence-corrected chi connectivity index (χ3v) is 7.07. The quantitative estimate of drug-likeness (QED) is 0.532. The fourth-order valence-electron chi connectivity index (χ4n) is 4.99. The number of imidazole rings is 1. The summed E-state index contributed by atoms with van der Waals surface area (Å²) in [6.45, 7) is 8.29. The van der Waals surface area contributed by atoms with Gasteiger partial charge in [-0.3, -0.25) is 9.69 Å². The number of hydrogen-bond acceptors (Lipinski definition) is 7. The van der Waals surface area contributed by atoms with E-state index < -0.39 is 0 Å². The molecule has 9 nitrogen and oxygen atoms in total. The fourth-order valence-corrected chi connectivity index (χ4v) is 4.99. The molecule has 34 heavy (non-hydrogen) atoms. The number of pyridine rings is 1. The van der Waals surface area contributed by atoms with Crippen molar-refractivity contribution in [3.05, 3.63) is 52.2 Å². The first-order valence-electron chi connectivity index (χ1n) is 11.9. The molecule has 180 valence electrons. The minimum absolute atomic E-state index is 0.0913. The molecule has 0 saturated carbocycles. The van der Waals surface area contributed by atoms with Crippen LogP contribution in [-0.2, 0) is 13.5 Å². The van der Waals surface area contributed by atoms with Gasteiger partial charge < -0.3 is 9.64 Å². The Balaban J connectivity index is 1.70. The van der Waals surface area contributed by atoms with Gasteiger partial charge in [0.25, 0.3) is 5.56 Å². The maximum absolute atomic E-state index is 12.8. The van der Waals surface area contributed by atoms with E-state index in [1.807, 2.05) is 12.3 Å². The van der Waals surface area contributed by atoms with Crippen molar-refractivity contribution in [2.24, 2.45) is 7.05 Å². The number of nitriles is 1. The molecule has 1 saturated heterocycles. The molecule has 0 radical (unpaired) electrons. The van der Waals surface area contributed by atoms with Crippen LogP contribution in [0.2, 0.25) is 0 Å². The Labute approximate surface area is 200 Å². The van der Waals surface area contributed by atoms with Crippen molar-refractivity contribution >= 4 is 11.3 Å². The molecule has 4 rings (SSSR count). The second-order valence-electron chi connectivity index (χ2n) is 8.91. The fraction of sp³-hybridized carbons (Fsp3) is 0.520. The molecule has 0 amide bonds. The molecule has 0 aliphatic carbocycles. The highest BCUT2D eigenvalue weighted by atomic mass is 16.5. The van der Waals surface area contributed by atoms with E-state index in [4.69, 9.17) is 15.0 Å². The summed E-state index contributed by atoms with van der Waals surface area (Å²) in [4.78, 5) is 26.8. The van der Waals surface area contributed by atoms with Crippen molar-refractivity contribution in [3.63, 3.8) is 0 Å². The van der Waals surface area contributed by atoms with Gasteiger partial charge in [0.15, 0.2) is 5.65 Å². The van der Waals surface area contributed by atoms with Gasteiger partial charge >= 0.3 is 0 Å². The summed E-state index contributed by atoms with van der Waals surface area (Å²) in [5.74, 6) is 0.615. The van der Waals surface area contributed by atoms with Crippen LogP contribution in [0.25, 0.3) is 5.65 Å². The smallest absolute Gasteiger partial charge is 0.267 e. The van der Waals surface area contributed by atoms with Crippen molar-refractivity contribution in [1.82, 2.24) is 24.1 Å². The van der Waals surface area contributed by atoms with Crippen molar-refractivity contribution in [2.45, 2.75) is 58.2 Å². The van der Waals surface area contributed by atoms with Crippen LogP contribution in [0.3, 0.4) is 0 Å². The number of methoxy groups -OCH3 is 1. The summed E-state index contributed by atoms with van der Waals surface area (Å²) in [6.07, 6.45) is 5.82. The van der Waals surface area contributed by atoms with Crippen LogP contribution in [0.15, 0.2) is 35.4 Å². The minimum Gasteiger partial charge on any atom is -0.481 e. The molecule has 0 aromatic carbocycles. The van der Waals surface area contributed by atoms with Crippen LogP contribution < -0.4 is 15.2 Å². The van der Waals surface area contributed by atoms with E-state index in [0.29, 0.717) is 17.6 Å². The van der Waals surface area contributed by atoms with Gasteiger partial charge in [0.1, 0.15) is 0 Å². The summed E-state index contributed by atoms with van der Waals surface area (Å²) in [5.41, 5.74) is 3.31. The van der Waals surface area contributed by atoms with Gasteiger partial charge in [-0.25, -0.2) is 19.2 Å². The normalized spacial score (nSPS) is 19.8. The number of rotatable bonds is 7. The van der Waals surface area contributed by atoms with E-state index in [1.54, 1.807) is 35.6 Å². The Morgan fingerprint density at radius 2 is 2.00 bits per heavy atom. The predicted octanol–water partition coefficient (Wildman–Crippen LogP) is 2.94. The van der Waals surface area contributed by atoms with E-state index in [1.165, 1.54) is 0 Å². The highest BCUT2D eigenvalue weighted by Gasteiger charge is 2.36. The molecular formula is C25H33N7O2. The van der Waals surface area contributed by atoms with Crippen LogP contribution in [0, 0.1) is 11.3 Å². The topological polar surface area (TPSA) is 91.7 Å². The highest BCUT2D eigenvalue weighted by molar-refractivity contribution is 5.69. The van der Waals surface area contributed by atoms with Crippen molar-refractivity contribution in [1.29, 1.82) is 5.26 Å². The molecule has 3 atom stereocenters. The molecule has 0 N–H and O–H groups in total. The summed E-state index contributed by atoms with van der Waals surface area (Å²) in [7, 11) is 3.35. The molecule has 3 aromatic rings. The molecule has 4 heterocycles. The van der Waals surface area contributed by atoms with Gasteiger partial charge in [-0.1, -0.05) is 19.9 Å². The van der Waals surface area contributed by atoms with Crippen LogP contribution in [0.1, 0.15) is 50.9 Å². The lowest BCUT2D eigenvalue weighted by Gasteiger charge is -2.49. The first-order valence-corrected chi connectivity index (χ1v) is 11.9. The monoisotopic (exact) mass is 463 g/mol. The average molecular weight is 464 g/mol. The minimum atomic E-state index is -0.0913. The van der Waals surface area contributed by atoms with E-state index in [9.17, 15) is 4.79 Å². The van der Waals surface area contributed by atoms with Crippen LogP contribution in [0.4, 0.5) is 5.69 Å². The lowest BCUT2D eigenvalue weighted by atomic mass is 9.97. The van der Waals surface area contributed by atoms with Gasteiger partial charge in [0.05, 0.1) is 37.2 Å². The molecule has 0 bridgehead atoms. The van der Waals surface area contributed by atoms with Crippen LogP contribution >= 0.6 is 0 Å². The van der Waals surface area contributed by atoms with Gasteiger partial charge in [-0.05, 0) is 25.3 Å². The van der Waals surface area contributed by atoms with Crippen LogP contribution in [0.5, 0.6) is 5.88 Å². The van der Waals surface area contributed by atoms with E-state index >= 15 is 0 Å². The maximum atomic E-state index is 12.8. The van der Waals surface area contributed by atoms with E-state index in [-0.39, 0.29) is 24.1 Å². The van der Waals surface area contributed by atoms with Gasteiger partial charge in [-0.15, -0.1) is 0 Å². The standard InChI is InChI=1S/C25H33N7O2/c1-6-20-16-31(22-12-24(33)29(4)32-14-19(10-11-26)28-25(22)32)21(7-2)15-30(20)17(3)18-8-9-23(34-5)27-13-18/h8-9,12-14,17,20-21H,6-7,10,15-16H2,1-5H3/t17?,20-,21+/m1/s1. The van der Waals surface area contributed by atoms with Crippen molar-refractivity contribution < 1.29 is 4.74 Å². The molecule has 1 aliphatic heterocycles. The number of ether oxygens (including phenoxy) is 1. The summed E-state index contributed by atoms with van der Waals surface area (Å²) < 4.78 is 8.54. The Bertz CT molecular complexity index is 1240. The molecular weight excluding hydrogens is 430 g/mol. The number of piperazine rings is 1. The van der Waals surface area contributed by atoms with E-state index in [2.05, 4.69) is 47.7 Å². The summed E-state index contributed by atoms with van der Waals surface area (Å²) >= 11 is 0. The molecule has 9 heteroatoms. The first-order chi connectivity index (χ1) is 16.4.